The Kier molecular flexibility index (Phi) is 3.82. The monoisotopic (exact) mass is 226 g/mol. The summed E-state index contributed by atoms with van der Waals surface area (Å²) < 4.78 is 5.70. The molecule has 92 valence electrons. The third-order valence-electron chi connectivity index (χ3n) is 3.61. The lowest BCUT2D eigenvalue weighted by molar-refractivity contribution is -0.126. The van der Waals surface area contributed by atoms with Gasteiger partial charge in [0, 0.05) is 32.2 Å². The summed E-state index contributed by atoms with van der Waals surface area (Å²) in [6.07, 6.45) is 1.39. The second kappa shape index (κ2) is 5.15. The van der Waals surface area contributed by atoms with Gasteiger partial charge in [-0.25, -0.2) is 0 Å². The first kappa shape index (κ1) is 11.9. The molecule has 2 unspecified atom stereocenters. The molecule has 16 heavy (non-hydrogen) atoms. The molecule has 0 spiro atoms. The van der Waals surface area contributed by atoms with Crippen molar-refractivity contribution >= 4 is 5.91 Å². The molecule has 0 radical (unpaired) electrons. The largest absolute Gasteiger partial charge is 0.378 e. The van der Waals surface area contributed by atoms with E-state index >= 15 is 0 Å². The van der Waals surface area contributed by atoms with Crippen LogP contribution in [0.4, 0.5) is 0 Å². The first-order valence-electron chi connectivity index (χ1n) is 6.28. The van der Waals surface area contributed by atoms with Crippen LogP contribution in [0.5, 0.6) is 0 Å². The lowest BCUT2D eigenvalue weighted by Gasteiger charge is -2.27. The van der Waals surface area contributed by atoms with Crippen molar-refractivity contribution in [2.45, 2.75) is 26.4 Å². The van der Waals surface area contributed by atoms with Gasteiger partial charge in [-0.15, -0.1) is 0 Å². The molecule has 2 N–H and O–H groups in total. The van der Waals surface area contributed by atoms with Crippen LogP contribution in [-0.4, -0.2) is 38.3 Å². The Balaban J connectivity index is 1.74. The third kappa shape index (κ3) is 2.55. The molecule has 4 heteroatoms. The van der Waals surface area contributed by atoms with Gasteiger partial charge >= 0.3 is 0 Å². The Morgan fingerprint density at radius 3 is 2.81 bits per heavy atom. The Morgan fingerprint density at radius 2 is 2.25 bits per heavy atom. The van der Waals surface area contributed by atoms with Gasteiger partial charge in [0.1, 0.15) is 0 Å². The molecule has 2 fully saturated rings. The number of carbonyl (C=O) groups is 1. The van der Waals surface area contributed by atoms with Crippen molar-refractivity contribution in [1.29, 1.82) is 0 Å². The maximum Gasteiger partial charge on any atom is 0.225 e. The summed E-state index contributed by atoms with van der Waals surface area (Å²) in [4.78, 5) is 11.7. The number of nitrogens with one attached hydrogen (secondary N) is 2. The summed E-state index contributed by atoms with van der Waals surface area (Å²) in [5.41, 5.74) is 0. The zero-order valence-electron chi connectivity index (χ0n) is 10.2. The van der Waals surface area contributed by atoms with Crippen molar-refractivity contribution in [2.24, 2.45) is 17.8 Å². The van der Waals surface area contributed by atoms with E-state index in [1.54, 1.807) is 0 Å². The molecule has 2 saturated heterocycles. The van der Waals surface area contributed by atoms with Crippen LogP contribution in [0.3, 0.4) is 0 Å². The van der Waals surface area contributed by atoms with Gasteiger partial charge in [-0.05, 0) is 12.3 Å². The van der Waals surface area contributed by atoms with E-state index in [4.69, 9.17) is 4.74 Å². The molecule has 2 heterocycles. The maximum absolute atomic E-state index is 11.7. The normalized spacial score (nSPS) is 30.4. The summed E-state index contributed by atoms with van der Waals surface area (Å²) in [5, 5.41) is 6.16. The van der Waals surface area contributed by atoms with E-state index in [9.17, 15) is 4.79 Å². The van der Waals surface area contributed by atoms with Gasteiger partial charge in [-0.1, -0.05) is 13.8 Å². The van der Waals surface area contributed by atoms with Gasteiger partial charge in [0.05, 0.1) is 12.0 Å². The predicted molar refractivity (Wildman–Crippen MR) is 62.1 cm³/mol. The molecule has 2 aliphatic heterocycles. The SMILES string of the molecule is CC(C)C1OCCC1CNC(=O)C1CNC1. The van der Waals surface area contributed by atoms with Gasteiger partial charge in [0.25, 0.3) is 0 Å². The van der Waals surface area contributed by atoms with Crippen LogP contribution in [0.15, 0.2) is 0 Å². The molecule has 1 amide bonds. The molecule has 0 aliphatic carbocycles. The van der Waals surface area contributed by atoms with Gasteiger partial charge < -0.3 is 15.4 Å². The van der Waals surface area contributed by atoms with Crippen LogP contribution in [0.25, 0.3) is 0 Å². The number of hydrogen-bond donors (Lipinski definition) is 2. The average molecular weight is 226 g/mol. The highest BCUT2D eigenvalue weighted by Crippen LogP contribution is 2.26. The number of carbonyl (C=O) groups excluding carboxylic acids is 1. The quantitative estimate of drug-likeness (QED) is 0.729. The van der Waals surface area contributed by atoms with Crippen molar-refractivity contribution in [2.75, 3.05) is 26.2 Å². The zero-order chi connectivity index (χ0) is 11.5. The number of ether oxygens (including phenoxy) is 1. The minimum absolute atomic E-state index is 0.194. The third-order valence-corrected chi connectivity index (χ3v) is 3.61. The molecule has 0 aromatic heterocycles. The smallest absolute Gasteiger partial charge is 0.225 e. The van der Waals surface area contributed by atoms with Crippen LogP contribution in [-0.2, 0) is 9.53 Å². The average Bonchev–Trinajstić information content (AvgIpc) is 2.59. The summed E-state index contributed by atoms with van der Waals surface area (Å²) in [6.45, 7) is 7.65. The standard InChI is InChI=1S/C12H22N2O2/c1-8(2)11-9(3-4-16-11)7-14-12(15)10-5-13-6-10/h8-11,13H,3-7H2,1-2H3,(H,14,15). The minimum atomic E-state index is 0.194. The van der Waals surface area contributed by atoms with Crippen LogP contribution in [0.1, 0.15) is 20.3 Å². The van der Waals surface area contributed by atoms with E-state index < -0.39 is 0 Å². The van der Waals surface area contributed by atoms with Gasteiger partial charge in [-0.2, -0.15) is 0 Å². The minimum Gasteiger partial charge on any atom is -0.378 e. The van der Waals surface area contributed by atoms with Crippen molar-refractivity contribution < 1.29 is 9.53 Å². The summed E-state index contributed by atoms with van der Waals surface area (Å²) in [7, 11) is 0. The first-order valence-corrected chi connectivity index (χ1v) is 6.28. The van der Waals surface area contributed by atoms with E-state index in [0.717, 1.165) is 32.7 Å². The van der Waals surface area contributed by atoms with Gasteiger partial charge in [-0.3, -0.25) is 4.79 Å². The van der Waals surface area contributed by atoms with Crippen molar-refractivity contribution in [3.05, 3.63) is 0 Å². The summed E-state index contributed by atoms with van der Waals surface area (Å²) in [5.74, 6) is 1.43. The van der Waals surface area contributed by atoms with Crippen LogP contribution < -0.4 is 10.6 Å². The molecule has 2 atom stereocenters. The fraction of sp³-hybridized carbons (Fsp3) is 0.917. The Bertz CT molecular complexity index is 251. The maximum atomic E-state index is 11.7. The zero-order valence-corrected chi connectivity index (χ0v) is 10.2. The number of hydrogen-bond acceptors (Lipinski definition) is 3. The Morgan fingerprint density at radius 1 is 1.50 bits per heavy atom. The highest BCUT2D eigenvalue weighted by atomic mass is 16.5. The second-order valence-electron chi connectivity index (χ2n) is 5.23. The second-order valence-corrected chi connectivity index (χ2v) is 5.23. The van der Waals surface area contributed by atoms with Crippen LogP contribution in [0, 0.1) is 17.8 Å². The lowest BCUT2D eigenvalue weighted by Crippen LogP contribution is -2.51. The van der Waals surface area contributed by atoms with Crippen LogP contribution in [0.2, 0.25) is 0 Å². The van der Waals surface area contributed by atoms with Crippen molar-refractivity contribution in [3.8, 4) is 0 Å². The molecule has 0 saturated carbocycles. The molecule has 0 aromatic rings. The summed E-state index contributed by atoms with van der Waals surface area (Å²) in [6, 6.07) is 0. The van der Waals surface area contributed by atoms with Crippen molar-refractivity contribution in [1.82, 2.24) is 10.6 Å². The number of amides is 1. The topological polar surface area (TPSA) is 50.4 Å². The fourth-order valence-electron chi connectivity index (χ4n) is 2.46. The molecule has 0 aromatic carbocycles. The highest BCUT2D eigenvalue weighted by Gasteiger charge is 2.32. The van der Waals surface area contributed by atoms with E-state index in [1.807, 2.05) is 0 Å². The molecular formula is C12H22N2O2. The molecule has 4 nitrogen and oxygen atoms in total. The molecule has 2 rings (SSSR count). The predicted octanol–water partition coefficient (Wildman–Crippen LogP) is 0.383. The fourth-order valence-corrected chi connectivity index (χ4v) is 2.46. The van der Waals surface area contributed by atoms with Gasteiger partial charge in [0.15, 0.2) is 0 Å². The van der Waals surface area contributed by atoms with E-state index in [-0.39, 0.29) is 11.8 Å². The Labute approximate surface area is 97.1 Å². The van der Waals surface area contributed by atoms with Crippen molar-refractivity contribution in [3.63, 3.8) is 0 Å². The Hall–Kier alpha value is -0.610. The summed E-state index contributed by atoms with van der Waals surface area (Å²) >= 11 is 0. The van der Waals surface area contributed by atoms with E-state index in [1.165, 1.54) is 0 Å². The molecule has 2 aliphatic rings. The van der Waals surface area contributed by atoms with E-state index in [0.29, 0.717) is 17.9 Å². The molecular weight excluding hydrogens is 204 g/mol. The first-order chi connectivity index (χ1) is 7.68. The molecule has 0 bridgehead atoms. The number of rotatable bonds is 4. The van der Waals surface area contributed by atoms with Crippen LogP contribution >= 0.6 is 0 Å². The van der Waals surface area contributed by atoms with Gasteiger partial charge in [0.2, 0.25) is 5.91 Å². The van der Waals surface area contributed by atoms with E-state index in [2.05, 4.69) is 24.5 Å². The lowest BCUT2D eigenvalue weighted by atomic mass is 9.92. The highest BCUT2D eigenvalue weighted by molar-refractivity contribution is 5.79.